The Hall–Kier alpha value is -2.78. The highest BCUT2D eigenvalue weighted by Gasteiger charge is 2.36. The lowest BCUT2D eigenvalue weighted by Gasteiger charge is -2.22. The Balaban J connectivity index is 1.92. The van der Waals surface area contributed by atoms with Crippen molar-refractivity contribution in [2.45, 2.75) is 31.6 Å². The molecule has 30 heavy (non-hydrogen) atoms. The van der Waals surface area contributed by atoms with E-state index < -0.39 is 41.1 Å². The van der Waals surface area contributed by atoms with Crippen molar-refractivity contribution in [1.29, 1.82) is 0 Å². The molecular formula is C20H17F7N2O. The molecule has 1 N–H and O–H groups in total. The largest absolute Gasteiger partial charge is 0.419 e. The van der Waals surface area contributed by atoms with Crippen LogP contribution in [0.5, 0.6) is 0 Å². The van der Waals surface area contributed by atoms with E-state index in [1.807, 2.05) is 0 Å². The molecule has 162 valence electrons. The van der Waals surface area contributed by atoms with Crippen LogP contribution in [0, 0.1) is 5.82 Å². The summed E-state index contributed by atoms with van der Waals surface area (Å²) < 4.78 is 91.9. The standard InChI is InChI=1S/C20H17F7N2O/c1-11(30)28-18-5-2-13(19(22,23)24)8-15(18)12-6-7-29(10-12)14-3-4-17(21)16(9-14)20(25,26)27/h2-5,8-9,12H,6-7,10H2,1H3,(H,28,30). The number of carbonyl (C=O) groups excluding carboxylic acids is 1. The fourth-order valence-electron chi connectivity index (χ4n) is 3.56. The van der Waals surface area contributed by atoms with E-state index in [-0.39, 0.29) is 30.0 Å². The lowest BCUT2D eigenvalue weighted by Crippen LogP contribution is -2.21. The molecule has 3 rings (SSSR count). The summed E-state index contributed by atoms with van der Waals surface area (Å²) >= 11 is 0. The van der Waals surface area contributed by atoms with Crippen LogP contribution in [0.25, 0.3) is 0 Å². The first kappa shape index (κ1) is 21.9. The van der Waals surface area contributed by atoms with E-state index in [0.29, 0.717) is 12.5 Å². The Morgan fingerprint density at radius 3 is 2.33 bits per heavy atom. The Morgan fingerprint density at radius 2 is 1.73 bits per heavy atom. The fraction of sp³-hybridized carbons (Fsp3) is 0.350. The van der Waals surface area contributed by atoms with Gasteiger partial charge in [0.15, 0.2) is 0 Å². The van der Waals surface area contributed by atoms with Gasteiger partial charge in [-0.25, -0.2) is 4.39 Å². The second-order valence-electron chi connectivity index (χ2n) is 7.07. The van der Waals surface area contributed by atoms with Gasteiger partial charge >= 0.3 is 12.4 Å². The molecule has 1 amide bonds. The number of rotatable bonds is 3. The van der Waals surface area contributed by atoms with E-state index in [0.717, 1.165) is 18.2 Å². The molecular weight excluding hydrogens is 417 g/mol. The molecule has 0 aromatic heterocycles. The number of hydrogen-bond donors (Lipinski definition) is 1. The van der Waals surface area contributed by atoms with Crippen molar-refractivity contribution < 1.29 is 35.5 Å². The van der Waals surface area contributed by atoms with E-state index in [1.165, 1.54) is 19.1 Å². The van der Waals surface area contributed by atoms with E-state index in [9.17, 15) is 35.5 Å². The number of alkyl halides is 6. The van der Waals surface area contributed by atoms with Crippen molar-refractivity contribution in [3.63, 3.8) is 0 Å². The van der Waals surface area contributed by atoms with Crippen molar-refractivity contribution in [3.05, 3.63) is 58.9 Å². The number of nitrogens with one attached hydrogen (secondary N) is 1. The number of benzene rings is 2. The molecule has 0 spiro atoms. The molecule has 1 aliphatic rings. The van der Waals surface area contributed by atoms with Crippen LogP contribution in [0.3, 0.4) is 0 Å². The Kier molecular flexibility index (Phi) is 5.70. The van der Waals surface area contributed by atoms with E-state index in [4.69, 9.17) is 0 Å². The van der Waals surface area contributed by atoms with Gasteiger partial charge in [0.2, 0.25) is 5.91 Å². The zero-order chi connectivity index (χ0) is 22.3. The highest BCUT2D eigenvalue weighted by molar-refractivity contribution is 5.89. The lowest BCUT2D eigenvalue weighted by atomic mass is 9.94. The van der Waals surface area contributed by atoms with Crippen molar-refractivity contribution in [1.82, 2.24) is 0 Å². The van der Waals surface area contributed by atoms with Gasteiger partial charge in [0.05, 0.1) is 11.1 Å². The molecule has 0 saturated carbocycles. The van der Waals surface area contributed by atoms with Crippen LogP contribution in [0.15, 0.2) is 36.4 Å². The summed E-state index contributed by atoms with van der Waals surface area (Å²) in [6.07, 6.45) is -9.09. The number of carbonyl (C=O) groups is 1. The fourth-order valence-corrected chi connectivity index (χ4v) is 3.56. The first-order valence-electron chi connectivity index (χ1n) is 8.96. The zero-order valence-electron chi connectivity index (χ0n) is 15.7. The van der Waals surface area contributed by atoms with E-state index in [1.54, 1.807) is 4.90 Å². The highest BCUT2D eigenvalue weighted by Crippen LogP contribution is 2.40. The number of halogens is 7. The van der Waals surface area contributed by atoms with Crippen LogP contribution in [0.1, 0.15) is 36.0 Å². The second-order valence-corrected chi connectivity index (χ2v) is 7.07. The molecule has 0 radical (unpaired) electrons. The van der Waals surface area contributed by atoms with E-state index in [2.05, 4.69) is 5.32 Å². The first-order chi connectivity index (χ1) is 13.9. The topological polar surface area (TPSA) is 32.3 Å². The molecule has 1 aliphatic heterocycles. The normalized spacial score (nSPS) is 17.3. The molecule has 1 atom stereocenters. The summed E-state index contributed by atoms with van der Waals surface area (Å²) in [4.78, 5) is 13.0. The predicted octanol–water partition coefficient (Wildman–Crippen LogP) is 5.82. The molecule has 1 heterocycles. The molecule has 0 aliphatic carbocycles. The number of amides is 1. The molecule has 1 unspecified atom stereocenters. The molecule has 1 saturated heterocycles. The molecule has 3 nitrogen and oxygen atoms in total. The smallest absolute Gasteiger partial charge is 0.371 e. The zero-order valence-corrected chi connectivity index (χ0v) is 15.7. The van der Waals surface area contributed by atoms with Gasteiger partial charge in [-0.2, -0.15) is 26.3 Å². The summed E-state index contributed by atoms with van der Waals surface area (Å²) in [5.74, 6) is -2.32. The summed E-state index contributed by atoms with van der Waals surface area (Å²) in [6, 6.07) is 5.59. The van der Waals surface area contributed by atoms with Crippen LogP contribution < -0.4 is 10.2 Å². The summed E-state index contributed by atoms with van der Waals surface area (Å²) in [6.45, 7) is 1.61. The van der Waals surface area contributed by atoms with Crippen LogP contribution in [-0.2, 0) is 17.1 Å². The first-order valence-corrected chi connectivity index (χ1v) is 8.96. The van der Waals surface area contributed by atoms with Crippen molar-refractivity contribution in [2.24, 2.45) is 0 Å². The Labute approximate surface area is 167 Å². The van der Waals surface area contributed by atoms with Crippen molar-refractivity contribution in [2.75, 3.05) is 23.3 Å². The Bertz CT molecular complexity index is 953. The summed E-state index contributed by atoms with van der Waals surface area (Å²) in [5.41, 5.74) is -1.69. The maximum absolute atomic E-state index is 13.5. The van der Waals surface area contributed by atoms with Gasteiger partial charge in [0, 0.05) is 37.3 Å². The van der Waals surface area contributed by atoms with Gasteiger partial charge < -0.3 is 10.2 Å². The third kappa shape index (κ3) is 4.68. The van der Waals surface area contributed by atoms with Crippen LogP contribution >= 0.6 is 0 Å². The highest BCUT2D eigenvalue weighted by atomic mass is 19.4. The van der Waals surface area contributed by atoms with Crippen molar-refractivity contribution in [3.8, 4) is 0 Å². The van der Waals surface area contributed by atoms with Gasteiger partial charge in [-0.1, -0.05) is 0 Å². The molecule has 10 heteroatoms. The summed E-state index contributed by atoms with van der Waals surface area (Å²) in [5, 5.41) is 2.50. The predicted molar refractivity (Wildman–Crippen MR) is 96.7 cm³/mol. The molecule has 2 aromatic carbocycles. The van der Waals surface area contributed by atoms with Gasteiger partial charge in [-0.05, 0) is 48.4 Å². The van der Waals surface area contributed by atoms with Crippen LogP contribution in [0.2, 0.25) is 0 Å². The number of hydrogen-bond acceptors (Lipinski definition) is 2. The second kappa shape index (κ2) is 7.81. The molecule has 0 bridgehead atoms. The Morgan fingerprint density at radius 1 is 1.03 bits per heavy atom. The maximum atomic E-state index is 13.5. The van der Waals surface area contributed by atoms with Gasteiger partial charge in [0.25, 0.3) is 0 Å². The third-order valence-electron chi connectivity index (χ3n) is 4.94. The number of nitrogens with zero attached hydrogens (tertiary/aromatic N) is 1. The average molecular weight is 434 g/mol. The SMILES string of the molecule is CC(=O)Nc1ccc(C(F)(F)F)cc1C1CCN(c2ccc(F)c(C(F)(F)F)c2)C1. The lowest BCUT2D eigenvalue weighted by molar-refractivity contribution is -0.140. The van der Waals surface area contributed by atoms with Crippen molar-refractivity contribution >= 4 is 17.3 Å². The average Bonchev–Trinajstić information content (AvgIpc) is 3.10. The van der Waals surface area contributed by atoms with Gasteiger partial charge in [0.1, 0.15) is 5.82 Å². The van der Waals surface area contributed by atoms with Crippen LogP contribution in [-0.4, -0.2) is 19.0 Å². The maximum Gasteiger partial charge on any atom is 0.419 e. The van der Waals surface area contributed by atoms with E-state index >= 15 is 0 Å². The van der Waals surface area contributed by atoms with Gasteiger partial charge in [-0.15, -0.1) is 0 Å². The summed E-state index contributed by atoms with van der Waals surface area (Å²) in [7, 11) is 0. The monoisotopic (exact) mass is 434 g/mol. The minimum absolute atomic E-state index is 0.122. The van der Waals surface area contributed by atoms with Crippen LogP contribution in [0.4, 0.5) is 42.1 Å². The minimum Gasteiger partial charge on any atom is -0.371 e. The molecule has 2 aromatic rings. The minimum atomic E-state index is -4.86. The quantitative estimate of drug-likeness (QED) is 0.618. The van der Waals surface area contributed by atoms with Gasteiger partial charge in [-0.3, -0.25) is 4.79 Å². The molecule has 1 fully saturated rings. The number of anilines is 2. The third-order valence-corrected chi connectivity index (χ3v) is 4.94.